The zero-order valence-electron chi connectivity index (χ0n) is 33.0. The molecule has 0 rings (SSSR count). The maximum absolute atomic E-state index is 2.43. The van der Waals surface area contributed by atoms with Gasteiger partial charge in [0.2, 0.25) is 0 Å². The molecule has 4 heteroatoms. The molecule has 278 valence electrons. The predicted octanol–water partition coefficient (Wildman–Crippen LogP) is 7.53. The Balaban J connectivity index is -0.000000361. The van der Waals surface area contributed by atoms with E-state index >= 15 is 0 Å². The van der Waals surface area contributed by atoms with E-state index < -0.39 is 0 Å². The molecule has 0 radical (unpaired) electrons. The lowest BCUT2D eigenvalue weighted by molar-refractivity contribution is -0.890. The fraction of sp³-hybridized carbons (Fsp3) is 1.00. The maximum atomic E-state index is 2.43. The number of halogens is 2. The molecule has 0 bridgehead atoms. The molecular weight excluding hydrogens is 591 g/mol. The van der Waals surface area contributed by atoms with Crippen molar-refractivity contribution in [3.05, 3.63) is 0 Å². The molecule has 0 N–H and O–H groups in total. The molecule has 0 aromatic carbocycles. The molecule has 45 heavy (non-hydrogen) atoms. The second-order valence-electron chi connectivity index (χ2n) is 15.9. The molecule has 0 aromatic heterocycles. The van der Waals surface area contributed by atoms with E-state index in [4.69, 9.17) is 0 Å². The van der Waals surface area contributed by atoms with Gasteiger partial charge in [-0.1, -0.05) is 175 Å². The molecule has 0 aromatic rings. The first-order valence-corrected chi connectivity index (χ1v) is 20.3. The molecule has 0 unspecified atom stereocenters. The molecule has 0 saturated heterocycles. The third kappa shape index (κ3) is 51.5. The normalized spacial score (nSPS) is 11.5. The zero-order chi connectivity index (χ0) is 32.3. The lowest BCUT2D eigenvalue weighted by Gasteiger charge is -2.30. The Morgan fingerprint density at radius 2 is 0.422 bits per heavy atom. The molecule has 0 atom stereocenters. The number of rotatable bonds is 33. The standard InChI is InChI=1S/C22H48N.C19H42N.2ClH/c1-5-7-9-11-13-15-17-19-21-23(3,4)22-20-18-16-14-12-10-8-6-2;1-5-6-7-8-9-10-11-12-13-14-15-16-17-18-19-20(2,3)4;;/h5-22H2,1-4H3;5-19H2,1-4H3;2*1H/q2*+1;;/p-2. The van der Waals surface area contributed by atoms with Gasteiger partial charge in [0.25, 0.3) is 0 Å². The van der Waals surface area contributed by atoms with Gasteiger partial charge in [0.15, 0.2) is 0 Å². The third-order valence-electron chi connectivity index (χ3n) is 9.42. The van der Waals surface area contributed by atoms with Gasteiger partial charge in [0.05, 0.1) is 54.9 Å². The fourth-order valence-electron chi connectivity index (χ4n) is 6.24. The van der Waals surface area contributed by atoms with E-state index in [9.17, 15) is 0 Å². The van der Waals surface area contributed by atoms with Crippen LogP contribution in [0.4, 0.5) is 0 Å². The Kier molecular flexibility index (Phi) is 47.3. The van der Waals surface area contributed by atoms with Crippen molar-refractivity contribution < 1.29 is 33.8 Å². The fourth-order valence-corrected chi connectivity index (χ4v) is 6.24. The van der Waals surface area contributed by atoms with Gasteiger partial charge in [-0.25, -0.2) is 0 Å². The Hall–Kier alpha value is 0.500. The lowest BCUT2D eigenvalue weighted by Crippen LogP contribution is -3.00. The summed E-state index contributed by atoms with van der Waals surface area (Å²) in [6, 6.07) is 0. The topological polar surface area (TPSA) is 0 Å². The highest BCUT2D eigenvalue weighted by Crippen LogP contribution is 2.14. The highest BCUT2D eigenvalue weighted by molar-refractivity contribution is 4.50. The average Bonchev–Trinajstić information content (AvgIpc) is 2.96. The Morgan fingerprint density at radius 3 is 0.622 bits per heavy atom. The summed E-state index contributed by atoms with van der Waals surface area (Å²) in [6.45, 7) is 11.0. The Bertz CT molecular complexity index is 482. The summed E-state index contributed by atoms with van der Waals surface area (Å²) in [6.07, 6.45) is 43.4. The molecule has 0 spiro atoms. The number of hydrogen-bond donors (Lipinski definition) is 0. The van der Waals surface area contributed by atoms with E-state index in [0.29, 0.717) is 0 Å². The quantitative estimate of drug-likeness (QED) is 0.0497. The summed E-state index contributed by atoms with van der Waals surface area (Å²) < 4.78 is 2.37. The molecule has 0 aliphatic rings. The Labute approximate surface area is 301 Å². The van der Waals surface area contributed by atoms with E-state index in [1.165, 1.54) is 217 Å². The van der Waals surface area contributed by atoms with Crippen LogP contribution >= 0.6 is 0 Å². The van der Waals surface area contributed by atoms with E-state index in [0.717, 1.165) is 4.48 Å². The van der Waals surface area contributed by atoms with Gasteiger partial charge < -0.3 is 33.8 Å². The highest BCUT2D eigenvalue weighted by Gasteiger charge is 2.13. The summed E-state index contributed by atoms with van der Waals surface area (Å²) in [5.41, 5.74) is 0. The van der Waals surface area contributed by atoms with Crippen molar-refractivity contribution in [2.75, 3.05) is 54.9 Å². The number of unbranched alkanes of at least 4 members (excludes halogenated alkanes) is 27. The summed E-state index contributed by atoms with van der Waals surface area (Å²) in [7, 11) is 11.7. The minimum atomic E-state index is 0. The third-order valence-corrected chi connectivity index (χ3v) is 9.42. The van der Waals surface area contributed by atoms with Crippen molar-refractivity contribution in [3.8, 4) is 0 Å². The largest absolute Gasteiger partial charge is 1.00 e. The molecule has 0 saturated carbocycles. The smallest absolute Gasteiger partial charge is 0.0782 e. The first-order chi connectivity index (χ1) is 20.7. The number of nitrogens with zero attached hydrogens (tertiary/aromatic N) is 2. The van der Waals surface area contributed by atoms with Gasteiger partial charge in [-0.15, -0.1) is 0 Å². The molecule has 0 fully saturated rings. The van der Waals surface area contributed by atoms with Crippen LogP contribution in [0.5, 0.6) is 0 Å². The molecule has 0 heterocycles. The van der Waals surface area contributed by atoms with Gasteiger partial charge in [-0.05, 0) is 38.5 Å². The van der Waals surface area contributed by atoms with E-state index in [1.54, 1.807) is 0 Å². The zero-order valence-corrected chi connectivity index (χ0v) is 34.5. The molecule has 0 aliphatic carbocycles. The van der Waals surface area contributed by atoms with Crippen LogP contribution in [0.25, 0.3) is 0 Å². The van der Waals surface area contributed by atoms with Crippen LogP contribution in [0, 0.1) is 0 Å². The monoisotopic (exact) mass is 681 g/mol. The van der Waals surface area contributed by atoms with Crippen LogP contribution < -0.4 is 24.8 Å². The second-order valence-corrected chi connectivity index (χ2v) is 15.9. The molecule has 0 aliphatic heterocycles. The Morgan fingerprint density at radius 1 is 0.244 bits per heavy atom. The van der Waals surface area contributed by atoms with Crippen molar-refractivity contribution in [3.63, 3.8) is 0 Å². The lowest BCUT2D eigenvalue weighted by atomic mass is 10.0. The maximum Gasteiger partial charge on any atom is 0.0782 e. The first kappa shape index (κ1) is 52.3. The SMILES string of the molecule is CCCCCCCCCCCCCCCC[N+](C)(C)C.CCCCCCCCCC[N+](C)(C)CCCCCCCCCC.[Cl-].[Cl-]. The summed E-state index contributed by atoms with van der Waals surface area (Å²) >= 11 is 0. The van der Waals surface area contributed by atoms with E-state index in [2.05, 4.69) is 56.0 Å². The average molecular weight is 682 g/mol. The molecule has 2 nitrogen and oxygen atoms in total. The van der Waals surface area contributed by atoms with E-state index in [1.807, 2.05) is 0 Å². The van der Waals surface area contributed by atoms with Crippen LogP contribution in [0.3, 0.4) is 0 Å². The summed E-state index contributed by atoms with van der Waals surface area (Å²) in [5, 5.41) is 0. The minimum Gasteiger partial charge on any atom is -1.00 e. The first-order valence-electron chi connectivity index (χ1n) is 20.3. The van der Waals surface area contributed by atoms with Crippen molar-refractivity contribution >= 4 is 0 Å². The van der Waals surface area contributed by atoms with Gasteiger partial charge in [-0.3, -0.25) is 0 Å². The van der Waals surface area contributed by atoms with Gasteiger partial charge >= 0.3 is 0 Å². The van der Waals surface area contributed by atoms with Crippen molar-refractivity contribution in [2.24, 2.45) is 0 Å². The highest BCUT2D eigenvalue weighted by atomic mass is 35.5. The van der Waals surface area contributed by atoms with Gasteiger partial charge in [0, 0.05) is 0 Å². The number of quaternary nitrogens is 2. The van der Waals surface area contributed by atoms with Crippen LogP contribution in [-0.2, 0) is 0 Å². The number of hydrogen-bond acceptors (Lipinski definition) is 0. The van der Waals surface area contributed by atoms with Crippen molar-refractivity contribution in [2.45, 2.75) is 213 Å². The van der Waals surface area contributed by atoms with Gasteiger partial charge in [-0.2, -0.15) is 0 Å². The summed E-state index contributed by atoms with van der Waals surface area (Å²) in [4.78, 5) is 0. The minimum absolute atomic E-state index is 0. The van der Waals surface area contributed by atoms with Crippen molar-refractivity contribution in [1.29, 1.82) is 0 Å². The molecule has 0 amide bonds. The van der Waals surface area contributed by atoms with Crippen LogP contribution in [0.1, 0.15) is 213 Å². The molecular formula is C41H90Cl2N2. The van der Waals surface area contributed by atoms with Crippen LogP contribution in [0.15, 0.2) is 0 Å². The van der Waals surface area contributed by atoms with E-state index in [-0.39, 0.29) is 24.8 Å². The summed E-state index contributed by atoms with van der Waals surface area (Å²) in [5.74, 6) is 0. The van der Waals surface area contributed by atoms with Gasteiger partial charge in [0.1, 0.15) is 0 Å². The second kappa shape index (κ2) is 40.7. The van der Waals surface area contributed by atoms with Crippen molar-refractivity contribution in [1.82, 2.24) is 0 Å². The van der Waals surface area contributed by atoms with Crippen LogP contribution in [0.2, 0.25) is 0 Å². The predicted molar refractivity (Wildman–Crippen MR) is 200 cm³/mol. The van der Waals surface area contributed by atoms with Crippen LogP contribution in [-0.4, -0.2) is 63.8 Å².